The molecule has 0 aromatic carbocycles. The molecule has 0 aromatic rings. The molecule has 2 heteroatoms. The topological polar surface area (TPSA) is 21.3 Å². The number of hydrogen-bond acceptors (Lipinski definition) is 2. The molecule has 0 spiro atoms. The number of allylic oxidation sites excluding steroid dienone is 1. The van der Waals surface area contributed by atoms with E-state index in [1.54, 1.807) is 0 Å². The summed E-state index contributed by atoms with van der Waals surface area (Å²) in [6.45, 7) is 9.66. The molecule has 13 heavy (non-hydrogen) atoms. The van der Waals surface area contributed by atoms with Crippen LogP contribution < -0.4 is 5.32 Å². The van der Waals surface area contributed by atoms with Crippen molar-refractivity contribution in [2.45, 2.75) is 32.6 Å². The first-order chi connectivity index (χ1) is 6.41. The lowest BCUT2D eigenvalue weighted by Gasteiger charge is -2.04. The van der Waals surface area contributed by atoms with E-state index in [1.807, 2.05) is 6.08 Å². The SMILES string of the molecule is C=CCCCOCCNCCCC. The average Bonchev–Trinajstić information content (AvgIpc) is 2.16. The smallest absolute Gasteiger partial charge is 0.0590 e. The first kappa shape index (κ1) is 12.7. The van der Waals surface area contributed by atoms with Gasteiger partial charge in [0.15, 0.2) is 0 Å². The summed E-state index contributed by atoms with van der Waals surface area (Å²) in [6.07, 6.45) is 6.61. The minimum atomic E-state index is 0.834. The molecule has 0 aliphatic carbocycles. The molecule has 0 aromatic heterocycles. The van der Waals surface area contributed by atoms with Crippen LogP contribution in [-0.4, -0.2) is 26.3 Å². The van der Waals surface area contributed by atoms with Crippen molar-refractivity contribution in [3.8, 4) is 0 Å². The first-order valence-electron chi connectivity index (χ1n) is 5.31. The zero-order valence-corrected chi connectivity index (χ0v) is 8.85. The van der Waals surface area contributed by atoms with Gasteiger partial charge in [-0.05, 0) is 25.8 Å². The molecule has 0 amide bonds. The highest BCUT2D eigenvalue weighted by atomic mass is 16.5. The molecular weight excluding hydrogens is 162 g/mol. The molecule has 0 radical (unpaired) electrons. The minimum Gasteiger partial charge on any atom is -0.380 e. The number of ether oxygens (including phenoxy) is 1. The average molecular weight is 185 g/mol. The standard InChI is InChI=1S/C11H23NO/c1-3-5-7-10-13-11-9-12-8-6-4-2/h3,12H,1,4-11H2,2H3. The summed E-state index contributed by atoms with van der Waals surface area (Å²) in [6, 6.07) is 0. The number of unbranched alkanes of at least 4 members (excludes halogenated alkanes) is 2. The summed E-state index contributed by atoms with van der Waals surface area (Å²) in [5.41, 5.74) is 0. The first-order valence-corrected chi connectivity index (χ1v) is 5.31. The number of rotatable bonds is 10. The molecule has 0 rings (SSSR count). The third-order valence-electron chi connectivity index (χ3n) is 1.83. The Bertz CT molecular complexity index is 104. The molecule has 0 saturated heterocycles. The van der Waals surface area contributed by atoms with Gasteiger partial charge in [0.05, 0.1) is 6.61 Å². The fourth-order valence-electron chi connectivity index (χ4n) is 1.00. The molecule has 0 bridgehead atoms. The zero-order valence-electron chi connectivity index (χ0n) is 8.85. The van der Waals surface area contributed by atoms with Crippen LogP contribution >= 0.6 is 0 Å². The summed E-state index contributed by atoms with van der Waals surface area (Å²) in [7, 11) is 0. The molecule has 1 N–H and O–H groups in total. The predicted octanol–water partition coefficient (Wildman–Crippen LogP) is 2.36. The van der Waals surface area contributed by atoms with Gasteiger partial charge in [-0.3, -0.25) is 0 Å². The number of nitrogens with one attached hydrogen (secondary N) is 1. The Morgan fingerprint density at radius 2 is 2.08 bits per heavy atom. The third-order valence-corrected chi connectivity index (χ3v) is 1.83. The maximum absolute atomic E-state index is 5.41. The van der Waals surface area contributed by atoms with Crippen molar-refractivity contribution in [3.05, 3.63) is 12.7 Å². The molecule has 0 fully saturated rings. The van der Waals surface area contributed by atoms with E-state index in [-0.39, 0.29) is 0 Å². The quantitative estimate of drug-likeness (QED) is 0.417. The Morgan fingerprint density at radius 1 is 1.23 bits per heavy atom. The highest BCUT2D eigenvalue weighted by Crippen LogP contribution is 1.89. The molecule has 0 saturated carbocycles. The molecule has 0 atom stereocenters. The summed E-state index contributed by atoms with van der Waals surface area (Å²) in [4.78, 5) is 0. The van der Waals surface area contributed by atoms with E-state index in [0.717, 1.165) is 39.1 Å². The fourth-order valence-corrected chi connectivity index (χ4v) is 1.00. The van der Waals surface area contributed by atoms with E-state index >= 15 is 0 Å². The second-order valence-electron chi connectivity index (χ2n) is 3.15. The number of hydrogen-bond donors (Lipinski definition) is 1. The van der Waals surface area contributed by atoms with Crippen molar-refractivity contribution < 1.29 is 4.74 Å². The van der Waals surface area contributed by atoms with E-state index in [4.69, 9.17) is 4.74 Å². The lowest BCUT2D eigenvalue weighted by Crippen LogP contribution is -2.20. The summed E-state index contributed by atoms with van der Waals surface area (Å²) >= 11 is 0. The van der Waals surface area contributed by atoms with Gasteiger partial charge in [0.2, 0.25) is 0 Å². The van der Waals surface area contributed by atoms with Crippen LogP contribution in [0.1, 0.15) is 32.6 Å². The van der Waals surface area contributed by atoms with Gasteiger partial charge < -0.3 is 10.1 Å². The lowest BCUT2D eigenvalue weighted by atomic mass is 10.3. The molecular formula is C11H23NO. The van der Waals surface area contributed by atoms with Gasteiger partial charge >= 0.3 is 0 Å². The maximum Gasteiger partial charge on any atom is 0.0590 e. The molecule has 2 nitrogen and oxygen atoms in total. The van der Waals surface area contributed by atoms with Crippen molar-refractivity contribution in [1.29, 1.82) is 0 Å². The molecule has 0 unspecified atom stereocenters. The molecule has 0 heterocycles. The van der Waals surface area contributed by atoms with Crippen LogP contribution in [0.25, 0.3) is 0 Å². The van der Waals surface area contributed by atoms with Crippen LogP contribution in [0.15, 0.2) is 12.7 Å². The summed E-state index contributed by atoms with van der Waals surface area (Å²) in [5.74, 6) is 0. The Labute approximate surface area is 82.4 Å². The van der Waals surface area contributed by atoms with Crippen molar-refractivity contribution in [2.75, 3.05) is 26.3 Å². The Hall–Kier alpha value is -0.340. The van der Waals surface area contributed by atoms with Crippen LogP contribution in [0.2, 0.25) is 0 Å². The molecule has 78 valence electrons. The predicted molar refractivity (Wildman–Crippen MR) is 58.0 cm³/mol. The highest BCUT2D eigenvalue weighted by molar-refractivity contribution is 4.64. The van der Waals surface area contributed by atoms with E-state index < -0.39 is 0 Å². The second-order valence-corrected chi connectivity index (χ2v) is 3.15. The minimum absolute atomic E-state index is 0.834. The second kappa shape index (κ2) is 11.7. The van der Waals surface area contributed by atoms with Gasteiger partial charge in [0.25, 0.3) is 0 Å². The molecule has 0 aliphatic heterocycles. The normalized spacial score (nSPS) is 10.2. The van der Waals surface area contributed by atoms with E-state index in [9.17, 15) is 0 Å². The van der Waals surface area contributed by atoms with E-state index in [2.05, 4.69) is 18.8 Å². The lowest BCUT2D eigenvalue weighted by molar-refractivity contribution is 0.134. The van der Waals surface area contributed by atoms with Crippen LogP contribution in [0.3, 0.4) is 0 Å². The maximum atomic E-state index is 5.41. The van der Waals surface area contributed by atoms with E-state index in [0.29, 0.717) is 0 Å². The van der Waals surface area contributed by atoms with Gasteiger partial charge in [0, 0.05) is 13.2 Å². The van der Waals surface area contributed by atoms with Crippen LogP contribution in [-0.2, 0) is 4.74 Å². The van der Waals surface area contributed by atoms with Gasteiger partial charge in [0.1, 0.15) is 0 Å². The summed E-state index contributed by atoms with van der Waals surface area (Å²) in [5, 5.41) is 3.33. The zero-order chi connectivity index (χ0) is 9.78. The Kier molecular flexibility index (Phi) is 11.4. The van der Waals surface area contributed by atoms with Crippen molar-refractivity contribution >= 4 is 0 Å². The highest BCUT2D eigenvalue weighted by Gasteiger charge is 1.88. The van der Waals surface area contributed by atoms with E-state index in [1.165, 1.54) is 12.8 Å². The monoisotopic (exact) mass is 185 g/mol. The van der Waals surface area contributed by atoms with Gasteiger partial charge in [-0.15, -0.1) is 6.58 Å². The molecule has 0 aliphatic rings. The van der Waals surface area contributed by atoms with Crippen LogP contribution in [0.5, 0.6) is 0 Å². The summed E-state index contributed by atoms with van der Waals surface area (Å²) < 4.78 is 5.41. The Balaban J connectivity index is 2.79. The van der Waals surface area contributed by atoms with Crippen LogP contribution in [0, 0.1) is 0 Å². The van der Waals surface area contributed by atoms with Crippen LogP contribution in [0.4, 0.5) is 0 Å². The fraction of sp³-hybridized carbons (Fsp3) is 0.818. The Morgan fingerprint density at radius 3 is 2.77 bits per heavy atom. The van der Waals surface area contributed by atoms with Crippen molar-refractivity contribution in [3.63, 3.8) is 0 Å². The van der Waals surface area contributed by atoms with Gasteiger partial charge in [-0.1, -0.05) is 19.4 Å². The van der Waals surface area contributed by atoms with Crippen molar-refractivity contribution in [2.24, 2.45) is 0 Å². The largest absolute Gasteiger partial charge is 0.380 e. The van der Waals surface area contributed by atoms with Crippen molar-refractivity contribution in [1.82, 2.24) is 5.32 Å². The van der Waals surface area contributed by atoms with Gasteiger partial charge in [-0.25, -0.2) is 0 Å². The van der Waals surface area contributed by atoms with Gasteiger partial charge in [-0.2, -0.15) is 0 Å². The third kappa shape index (κ3) is 11.7.